The Kier molecular flexibility index (Phi) is 4.36. The molecule has 1 aromatic rings. The molecule has 0 aromatic heterocycles. The van der Waals surface area contributed by atoms with Gasteiger partial charge in [0.15, 0.2) is 0 Å². The normalized spacial score (nSPS) is 12.3. The van der Waals surface area contributed by atoms with Gasteiger partial charge in [0.05, 0.1) is 6.04 Å². The van der Waals surface area contributed by atoms with Crippen molar-refractivity contribution in [1.29, 1.82) is 0 Å². The fraction of sp³-hybridized carbons (Fsp3) is 0.462. The van der Waals surface area contributed by atoms with E-state index < -0.39 is 0 Å². The van der Waals surface area contributed by atoms with Crippen molar-refractivity contribution < 1.29 is 4.79 Å². The molecule has 3 heteroatoms. The van der Waals surface area contributed by atoms with Gasteiger partial charge in [0.1, 0.15) is 5.88 Å². The molecular formula is C13H18ClNO. The van der Waals surface area contributed by atoms with Gasteiger partial charge in [-0.15, -0.1) is 11.6 Å². The van der Waals surface area contributed by atoms with Gasteiger partial charge in [-0.2, -0.15) is 0 Å². The predicted molar refractivity (Wildman–Crippen MR) is 67.9 cm³/mol. The fourth-order valence-electron chi connectivity index (χ4n) is 1.81. The summed E-state index contributed by atoms with van der Waals surface area (Å²) in [7, 11) is 0. The van der Waals surface area contributed by atoms with E-state index in [9.17, 15) is 4.79 Å². The summed E-state index contributed by atoms with van der Waals surface area (Å²) in [6.07, 6.45) is 0. The van der Waals surface area contributed by atoms with Crippen LogP contribution in [0.4, 0.5) is 0 Å². The van der Waals surface area contributed by atoms with Gasteiger partial charge in [-0.25, -0.2) is 0 Å². The first kappa shape index (κ1) is 13.0. The third-order valence-corrected chi connectivity index (χ3v) is 3.09. The van der Waals surface area contributed by atoms with Crippen molar-refractivity contribution in [3.05, 3.63) is 34.4 Å². The van der Waals surface area contributed by atoms with E-state index in [0.717, 1.165) is 5.56 Å². The lowest BCUT2D eigenvalue weighted by Gasteiger charge is -2.17. The van der Waals surface area contributed by atoms with Crippen molar-refractivity contribution >= 4 is 17.5 Å². The highest BCUT2D eigenvalue weighted by atomic mass is 35.5. The minimum absolute atomic E-state index is 0.00514. The molecule has 2 nitrogen and oxygen atoms in total. The van der Waals surface area contributed by atoms with Gasteiger partial charge >= 0.3 is 0 Å². The Morgan fingerprint density at radius 1 is 1.25 bits per heavy atom. The summed E-state index contributed by atoms with van der Waals surface area (Å²) >= 11 is 5.47. The van der Waals surface area contributed by atoms with E-state index in [1.54, 1.807) is 0 Å². The average Bonchev–Trinajstić information content (AvgIpc) is 2.23. The minimum atomic E-state index is -0.133. The van der Waals surface area contributed by atoms with Gasteiger partial charge in [0.2, 0.25) is 5.91 Å². The molecule has 1 aromatic carbocycles. The number of rotatable bonds is 3. The molecule has 0 aliphatic heterocycles. The van der Waals surface area contributed by atoms with E-state index in [0.29, 0.717) is 0 Å². The van der Waals surface area contributed by atoms with Crippen LogP contribution < -0.4 is 5.32 Å². The lowest BCUT2D eigenvalue weighted by Crippen LogP contribution is -2.28. The quantitative estimate of drug-likeness (QED) is 0.808. The molecule has 0 spiro atoms. The highest BCUT2D eigenvalue weighted by molar-refractivity contribution is 6.27. The molecule has 0 radical (unpaired) electrons. The monoisotopic (exact) mass is 239 g/mol. The maximum atomic E-state index is 11.2. The lowest BCUT2D eigenvalue weighted by molar-refractivity contribution is -0.119. The number of carbonyl (C=O) groups excluding carboxylic acids is 1. The van der Waals surface area contributed by atoms with E-state index in [4.69, 9.17) is 11.6 Å². The van der Waals surface area contributed by atoms with Crippen molar-refractivity contribution in [3.63, 3.8) is 0 Å². The Balaban J connectivity index is 2.95. The van der Waals surface area contributed by atoms with Crippen LogP contribution in [-0.4, -0.2) is 11.8 Å². The molecule has 16 heavy (non-hydrogen) atoms. The zero-order valence-electron chi connectivity index (χ0n) is 10.2. The number of benzene rings is 1. The van der Waals surface area contributed by atoms with Crippen LogP contribution in [0.1, 0.15) is 35.2 Å². The molecule has 0 heterocycles. The molecule has 1 amide bonds. The second-order valence-electron chi connectivity index (χ2n) is 4.22. The van der Waals surface area contributed by atoms with E-state index in [1.165, 1.54) is 16.7 Å². The zero-order valence-corrected chi connectivity index (χ0v) is 11.0. The van der Waals surface area contributed by atoms with Gasteiger partial charge in [0.25, 0.3) is 0 Å². The fourth-order valence-corrected chi connectivity index (χ4v) is 1.88. The maximum Gasteiger partial charge on any atom is 0.235 e. The summed E-state index contributed by atoms with van der Waals surface area (Å²) in [6.45, 7) is 8.20. The smallest absolute Gasteiger partial charge is 0.235 e. The topological polar surface area (TPSA) is 29.1 Å². The van der Waals surface area contributed by atoms with Gasteiger partial charge < -0.3 is 5.32 Å². The number of nitrogens with one attached hydrogen (secondary N) is 1. The van der Waals surface area contributed by atoms with Crippen molar-refractivity contribution in [2.45, 2.75) is 33.7 Å². The van der Waals surface area contributed by atoms with E-state index in [-0.39, 0.29) is 17.8 Å². The Morgan fingerprint density at radius 2 is 1.81 bits per heavy atom. The number of halogens is 1. The third kappa shape index (κ3) is 2.99. The molecule has 0 aliphatic rings. The van der Waals surface area contributed by atoms with E-state index in [1.807, 2.05) is 6.92 Å². The SMILES string of the molecule is Cc1cc(C)c(C(C)NC(=O)CCl)cc1C. The van der Waals surface area contributed by atoms with Crippen LogP contribution in [0.2, 0.25) is 0 Å². The van der Waals surface area contributed by atoms with Crippen molar-refractivity contribution in [1.82, 2.24) is 5.32 Å². The summed E-state index contributed by atoms with van der Waals surface area (Å²) in [5, 5.41) is 2.86. The van der Waals surface area contributed by atoms with E-state index >= 15 is 0 Å². The molecule has 1 rings (SSSR count). The van der Waals surface area contributed by atoms with Gasteiger partial charge in [-0.05, 0) is 49.9 Å². The number of hydrogen-bond donors (Lipinski definition) is 1. The molecule has 0 saturated carbocycles. The molecule has 88 valence electrons. The summed E-state index contributed by atoms with van der Waals surface area (Å²) in [5.41, 5.74) is 4.87. The van der Waals surface area contributed by atoms with Crippen LogP contribution in [0.5, 0.6) is 0 Å². The van der Waals surface area contributed by atoms with Crippen LogP contribution in [0.25, 0.3) is 0 Å². The summed E-state index contributed by atoms with van der Waals surface area (Å²) in [5.74, 6) is -0.124. The van der Waals surface area contributed by atoms with Crippen LogP contribution in [-0.2, 0) is 4.79 Å². The molecule has 0 aliphatic carbocycles. The number of hydrogen-bond acceptors (Lipinski definition) is 1. The van der Waals surface area contributed by atoms with Gasteiger partial charge in [-0.1, -0.05) is 12.1 Å². The van der Waals surface area contributed by atoms with Crippen molar-refractivity contribution in [2.75, 3.05) is 5.88 Å². The summed E-state index contributed by atoms with van der Waals surface area (Å²) in [6, 6.07) is 4.28. The molecule has 0 fully saturated rings. The summed E-state index contributed by atoms with van der Waals surface area (Å²) in [4.78, 5) is 11.2. The predicted octanol–water partition coefficient (Wildman–Crippen LogP) is 3.03. The second kappa shape index (κ2) is 5.35. The molecule has 1 unspecified atom stereocenters. The second-order valence-corrected chi connectivity index (χ2v) is 4.48. The number of alkyl halides is 1. The number of carbonyl (C=O) groups is 1. The maximum absolute atomic E-state index is 11.2. The van der Waals surface area contributed by atoms with E-state index in [2.05, 4.69) is 38.2 Å². The standard InChI is InChI=1S/C13H18ClNO/c1-8-5-10(3)12(6-9(8)2)11(4)15-13(16)7-14/h5-6,11H,7H2,1-4H3,(H,15,16). The minimum Gasteiger partial charge on any atom is -0.349 e. The number of amides is 1. The lowest BCUT2D eigenvalue weighted by atomic mass is 9.96. The molecule has 0 saturated heterocycles. The van der Waals surface area contributed by atoms with Crippen LogP contribution in [0, 0.1) is 20.8 Å². The Morgan fingerprint density at radius 3 is 2.38 bits per heavy atom. The average molecular weight is 240 g/mol. The molecular weight excluding hydrogens is 222 g/mol. The molecule has 1 N–H and O–H groups in total. The highest BCUT2D eigenvalue weighted by Gasteiger charge is 2.11. The Labute approximate surface area is 102 Å². The van der Waals surface area contributed by atoms with Gasteiger partial charge in [0, 0.05) is 0 Å². The molecule has 1 atom stereocenters. The first-order valence-corrected chi connectivity index (χ1v) is 5.92. The third-order valence-electron chi connectivity index (χ3n) is 2.85. The van der Waals surface area contributed by atoms with Crippen LogP contribution >= 0.6 is 11.6 Å². The molecule has 0 bridgehead atoms. The zero-order chi connectivity index (χ0) is 12.3. The first-order chi connectivity index (χ1) is 7.45. The first-order valence-electron chi connectivity index (χ1n) is 5.38. The largest absolute Gasteiger partial charge is 0.349 e. The van der Waals surface area contributed by atoms with Crippen molar-refractivity contribution in [3.8, 4) is 0 Å². The van der Waals surface area contributed by atoms with Crippen LogP contribution in [0.15, 0.2) is 12.1 Å². The van der Waals surface area contributed by atoms with Gasteiger partial charge in [-0.3, -0.25) is 4.79 Å². The van der Waals surface area contributed by atoms with Crippen molar-refractivity contribution in [2.24, 2.45) is 0 Å². The Hall–Kier alpha value is -1.02. The summed E-state index contributed by atoms with van der Waals surface area (Å²) < 4.78 is 0. The highest BCUT2D eigenvalue weighted by Crippen LogP contribution is 2.21. The Bertz CT molecular complexity index is 401. The van der Waals surface area contributed by atoms with Crippen LogP contribution in [0.3, 0.4) is 0 Å². The number of aryl methyl sites for hydroxylation is 3.